The van der Waals surface area contributed by atoms with Gasteiger partial charge in [0.25, 0.3) is 0 Å². The molecule has 0 aliphatic carbocycles. The van der Waals surface area contributed by atoms with Gasteiger partial charge in [0, 0.05) is 0 Å². The van der Waals surface area contributed by atoms with E-state index in [0.717, 1.165) is 0 Å². The van der Waals surface area contributed by atoms with E-state index in [1.165, 1.54) is 24.3 Å². The first kappa shape index (κ1) is 18.6. The highest BCUT2D eigenvalue weighted by Crippen LogP contribution is 2.21. The fourth-order valence-electron chi connectivity index (χ4n) is 2.10. The lowest BCUT2D eigenvalue weighted by Gasteiger charge is -2.08. The highest BCUT2D eigenvalue weighted by molar-refractivity contribution is 5.92. The van der Waals surface area contributed by atoms with Gasteiger partial charge in [0.2, 0.25) is 0 Å². The van der Waals surface area contributed by atoms with Crippen molar-refractivity contribution in [3.05, 3.63) is 46.8 Å². The monoisotopic (exact) mass is 350 g/mol. The number of carbonyl (C=O) groups is 2. The number of hydrogen-bond donors (Lipinski definition) is 0. The van der Waals surface area contributed by atoms with E-state index >= 15 is 0 Å². The molecule has 2 aromatic heterocycles. The third-order valence-electron chi connectivity index (χ3n) is 3.16. The summed E-state index contributed by atoms with van der Waals surface area (Å²) >= 11 is 0. The van der Waals surface area contributed by atoms with Gasteiger partial charge in [-0.25, -0.2) is 19.6 Å². The van der Waals surface area contributed by atoms with Crippen LogP contribution < -0.4 is 0 Å². The number of nitriles is 2. The van der Waals surface area contributed by atoms with Crippen LogP contribution in [0.5, 0.6) is 0 Å². The van der Waals surface area contributed by atoms with Gasteiger partial charge in [-0.05, 0) is 38.1 Å². The minimum Gasteiger partial charge on any atom is -0.462 e. The Kier molecular flexibility index (Phi) is 5.96. The van der Waals surface area contributed by atoms with Crippen molar-refractivity contribution in [3.63, 3.8) is 0 Å². The Balaban J connectivity index is 2.60. The SMILES string of the molecule is CCOC(=O)c1cc(C#N)nc(-c2cc(C(=O)OCC)cc(C#N)n2)c1. The van der Waals surface area contributed by atoms with E-state index in [4.69, 9.17) is 20.0 Å². The molecule has 0 amide bonds. The highest BCUT2D eigenvalue weighted by atomic mass is 16.5. The van der Waals surface area contributed by atoms with Crippen molar-refractivity contribution in [2.45, 2.75) is 13.8 Å². The Morgan fingerprint density at radius 2 is 1.23 bits per heavy atom. The summed E-state index contributed by atoms with van der Waals surface area (Å²) in [6.07, 6.45) is 0. The summed E-state index contributed by atoms with van der Waals surface area (Å²) < 4.78 is 9.87. The van der Waals surface area contributed by atoms with E-state index in [-0.39, 0.29) is 47.1 Å². The molecule has 0 bridgehead atoms. The second-order valence-corrected chi connectivity index (χ2v) is 4.92. The molecule has 0 aliphatic rings. The van der Waals surface area contributed by atoms with Crippen molar-refractivity contribution < 1.29 is 19.1 Å². The number of nitrogens with zero attached hydrogens (tertiary/aromatic N) is 4. The van der Waals surface area contributed by atoms with Gasteiger partial charge in [-0.2, -0.15) is 10.5 Å². The number of aromatic nitrogens is 2. The van der Waals surface area contributed by atoms with E-state index in [0.29, 0.717) is 0 Å². The van der Waals surface area contributed by atoms with Gasteiger partial charge in [-0.3, -0.25) is 0 Å². The predicted molar refractivity (Wildman–Crippen MR) is 88.8 cm³/mol. The molecule has 0 saturated carbocycles. The Labute approximate surface area is 149 Å². The van der Waals surface area contributed by atoms with Gasteiger partial charge in [-0.15, -0.1) is 0 Å². The summed E-state index contributed by atoms with van der Waals surface area (Å²) in [7, 11) is 0. The molecule has 8 nitrogen and oxygen atoms in total. The van der Waals surface area contributed by atoms with Crippen LogP contribution >= 0.6 is 0 Å². The van der Waals surface area contributed by atoms with Crippen LogP contribution in [0.3, 0.4) is 0 Å². The summed E-state index contributed by atoms with van der Waals surface area (Å²) in [6, 6.07) is 9.07. The molecule has 2 heterocycles. The third-order valence-corrected chi connectivity index (χ3v) is 3.16. The van der Waals surface area contributed by atoms with E-state index in [2.05, 4.69) is 9.97 Å². The Morgan fingerprint density at radius 1 is 0.846 bits per heavy atom. The molecule has 130 valence electrons. The van der Waals surface area contributed by atoms with Gasteiger partial charge in [-0.1, -0.05) is 0 Å². The molecule has 0 atom stereocenters. The molecular formula is C18H14N4O4. The van der Waals surface area contributed by atoms with Crippen molar-refractivity contribution in [2.24, 2.45) is 0 Å². The number of carbonyl (C=O) groups excluding carboxylic acids is 2. The summed E-state index contributed by atoms with van der Waals surface area (Å²) in [5.74, 6) is -1.23. The molecule has 0 aliphatic heterocycles. The molecule has 0 spiro atoms. The summed E-state index contributed by atoms with van der Waals surface area (Å²) in [6.45, 7) is 3.67. The van der Waals surface area contributed by atoms with E-state index in [9.17, 15) is 9.59 Å². The van der Waals surface area contributed by atoms with E-state index < -0.39 is 11.9 Å². The lowest BCUT2D eigenvalue weighted by atomic mass is 10.1. The molecule has 0 fully saturated rings. The maximum Gasteiger partial charge on any atom is 0.338 e. The van der Waals surface area contributed by atoms with E-state index in [1.54, 1.807) is 13.8 Å². The molecule has 0 radical (unpaired) electrons. The number of pyridine rings is 2. The molecule has 0 N–H and O–H groups in total. The largest absolute Gasteiger partial charge is 0.462 e. The maximum absolute atomic E-state index is 12.0. The van der Waals surface area contributed by atoms with Gasteiger partial charge >= 0.3 is 11.9 Å². The van der Waals surface area contributed by atoms with Crippen LogP contribution in [0, 0.1) is 22.7 Å². The molecule has 26 heavy (non-hydrogen) atoms. The second kappa shape index (κ2) is 8.36. The molecule has 0 saturated heterocycles. The van der Waals surface area contributed by atoms with E-state index in [1.807, 2.05) is 12.1 Å². The van der Waals surface area contributed by atoms with Gasteiger partial charge in [0.1, 0.15) is 23.5 Å². The number of esters is 2. The Bertz CT molecular complexity index is 864. The third kappa shape index (κ3) is 4.19. The molecule has 8 heteroatoms. The fourth-order valence-corrected chi connectivity index (χ4v) is 2.10. The minimum absolute atomic E-state index is 0.0209. The average molecular weight is 350 g/mol. The van der Waals surface area contributed by atoms with Gasteiger partial charge < -0.3 is 9.47 Å². The lowest BCUT2D eigenvalue weighted by Crippen LogP contribution is -2.08. The first-order valence-corrected chi connectivity index (χ1v) is 7.71. The Hall–Kier alpha value is -3.78. The zero-order chi connectivity index (χ0) is 19.1. The molecule has 2 aromatic rings. The predicted octanol–water partition coefficient (Wildman–Crippen LogP) is 2.24. The standard InChI is InChI=1S/C18H14N4O4/c1-3-25-17(23)11-5-13(9-19)21-15(7-11)16-8-12(18(24)26-4-2)6-14(10-20)22-16/h5-8H,3-4H2,1-2H3. The molecule has 0 unspecified atom stereocenters. The quantitative estimate of drug-likeness (QED) is 0.751. The van der Waals surface area contributed by atoms with Crippen LogP contribution in [0.25, 0.3) is 11.4 Å². The van der Waals surface area contributed by atoms with Crippen LogP contribution in [0.2, 0.25) is 0 Å². The summed E-state index contributed by atoms with van der Waals surface area (Å²) in [4.78, 5) is 32.1. The fraction of sp³-hybridized carbons (Fsp3) is 0.222. The molecule has 0 aromatic carbocycles. The van der Waals surface area contributed by atoms with Gasteiger partial charge in [0.15, 0.2) is 0 Å². The zero-order valence-corrected chi connectivity index (χ0v) is 14.1. The average Bonchev–Trinajstić information content (AvgIpc) is 2.67. The van der Waals surface area contributed by atoms with Crippen molar-refractivity contribution >= 4 is 11.9 Å². The van der Waals surface area contributed by atoms with Crippen molar-refractivity contribution in [3.8, 4) is 23.5 Å². The van der Waals surface area contributed by atoms with Crippen molar-refractivity contribution in [1.82, 2.24) is 9.97 Å². The topological polar surface area (TPSA) is 126 Å². The first-order valence-electron chi connectivity index (χ1n) is 7.71. The number of hydrogen-bond acceptors (Lipinski definition) is 8. The molecule has 2 rings (SSSR count). The van der Waals surface area contributed by atoms with Crippen LogP contribution in [0.1, 0.15) is 46.0 Å². The van der Waals surface area contributed by atoms with Crippen LogP contribution in [0.4, 0.5) is 0 Å². The zero-order valence-electron chi connectivity index (χ0n) is 14.1. The summed E-state index contributed by atoms with van der Waals surface area (Å²) in [5, 5.41) is 18.3. The Morgan fingerprint density at radius 3 is 1.54 bits per heavy atom. The van der Waals surface area contributed by atoms with Crippen LogP contribution in [-0.4, -0.2) is 35.1 Å². The van der Waals surface area contributed by atoms with Crippen LogP contribution in [-0.2, 0) is 9.47 Å². The van der Waals surface area contributed by atoms with Crippen molar-refractivity contribution in [2.75, 3.05) is 13.2 Å². The smallest absolute Gasteiger partial charge is 0.338 e. The lowest BCUT2D eigenvalue weighted by molar-refractivity contribution is 0.0516. The first-order chi connectivity index (χ1) is 12.5. The second-order valence-electron chi connectivity index (χ2n) is 4.92. The summed E-state index contributed by atoms with van der Waals surface area (Å²) in [5.41, 5.74) is 0.523. The normalized spacial score (nSPS) is 9.69. The van der Waals surface area contributed by atoms with Gasteiger partial charge in [0.05, 0.1) is 35.7 Å². The maximum atomic E-state index is 12.0. The highest BCUT2D eigenvalue weighted by Gasteiger charge is 2.16. The van der Waals surface area contributed by atoms with Crippen molar-refractivity contribution in [1.29, 1.82) is 10.5 Å². The number of rotatable bonds is 5. The van der Waals surface area contributed by atoms with Crippen LogP contribution in [0.15, 0.2) is 24.3 Å². The minimum atomic E-state index is -0.616. The number of ether oxygens (including phenoxy) is 2. The molecular weight excluding hydrogens is 336 g/mol.